The highest BCUT2D eigenvalue weighted by Crippen LogP contribution is 2.20. The lowest BCUT2D eigenvalue weighted by Gasteiger charge is -2.05. The summed E-state index contributed by atoms with van der Waals surface area (Å²) in [6.45, 7) is 2.67. The van der Waals surface area contributed by atoms with Gasteiger partial charge in [0.2, 0.25) is 0 Å². The van der Waals surface area contributed by atoms with Gasteiger partial charge in [0.05, 0.1) is 0 Å². The summed E-state index contributed by atoms with van der Waals surface area (Å²) in [6.07, 6.45) is 0. The Morgan fingerprint density at radius 3 is 2.94 bits per heavy atom. The van der Waals surface area contributed by atoms with Crippen LogP contribution in [-0.2, 0) is 0 Å². The number of hydrogen-bond donors (Lipinski definition) is 1. The minimum Gasteiger partial charge on any atom is -0.492 e. The maximum atomic E-state index is 11.3. The Kier molecular flexibility index (Phi) is 2.92. The molecule has 0 unspecified atom stereocenters. The van der Waals surface area contributed by atoms with E-state index < -0.39 is 0 Å². The van der Waals surface area contributed by atoms with Crippen molar-refractivity contribution in [3.63, 3.8) is 0 Å². The van der Waals surface area contributed by atoms with Crippen molar-refractivity contribution in [2.45, 2.75) is 6.92 Å². The molecule has 0 saturated carbocycles. The van der Waals surface area contributed by atoms with Gasteiger partial charge in [-0.2, -0.15) is 0 Å². The third kappa shape index (κ3) is 2.06. The molecule has 84 valence electrons. The molecule has 0 aliphatic carbocycles. The van der Waals surface area contributed by atoms with Gasteiger partial charge in [0.15, 0.2) is 0 Å². The van der Waals surface area contributed by atoms with E-state index in [1.165, 1.54) is 0 Å². The number of rotatable bonds is 3. The molecule has 0 amide bonds. The Labute approximate surface area is 92.6 Å². The van der Waals surface area contributed by atoms with E-state index in [0.29, 0.717) is 24.3 Å². The minimum absolute atomic E-state index is 0.303. The second-order valence-corrected chi connectivity index (χ2v) is 3.55. The molecule has 0 radical (unpaired) electrons. The Morgan fingerprint density at radius 1 is 1.38 bits per heavy atom. The predicted octanol–water partition coefficient (Wildman–Crippen LogP) is 1.44. The van der Waals surface area contributed by atoms with Crippen LogP contribution in [0.5, 0.6) is 5.75 Å². The minimum atomic E-state index is -0.303. The van der Waals surface area contributed by atoms with Gasteiger partial charge in [0.25, 0.3) is 0 Å². The first kappa shape index (κ1) is 10.7. The van der Waals surface area contributed by atoms with Gasteiger partial charge in [-0.1, -0.05) is 0 Å². The zero-order chi connectivity index (χ0) is 11.5. The Balaban J connectivity index is 2.45. The van der Waals surface area contributed by atoms with E-state index in [2.05, 4.69) is 0 Å². The molecular weight excluding hydrogens is 206 g/mol. The lowest BCUT2D eigenvalue weighted by atomic mass is 10.2. The van der Waals surface area contributed by atoms with Crippen LogP contribution in [-0.4, -0.2) is 13.2 Å². The Morgan fingerprint density at radius 2 is 2.19 bits per heavy atom. The first-order valence-corrected chi connectivity index (χ1v) is 5.08. The molecule has 2 N–H and O–H groups in total. The number of ether oxygens (including phenoxy) is 1. The maximum absolute atomic E-state index is 11.3. The molecule has 1 aromatic heterocycles. The van der Waals surface area contributed by atoms with Gasteiger partial charge in [-0.05, 0) is 31.2 Å². The van der Waals surface area contributed by atoms with Crippen molar-refractivity contribution in [3.05, 3.63) is 40.2 Å². The third-order valence-electron chi connectivity index (χ3n) is 2.26. The van der Waals surface area contributed by atoms with Gasteiger partial charge in [-0.3, -0.25) is 0 Å². The predicted molar refractivity (Wildman–Crippen MR) is 61.8 cm³/mol. The molecule has 16 heavy (non-hydrogen) atoms. The third-order valence-corrected chi connectivity index (χ3v) is 2.26. The molecular formula is C12H13NO3. The normalized spacial score (nSPS) is 10.6. The maximum Gasteiger partial charge on any atom is 0.339 e. The largest absolute Gasteiger partial charge is 0.492 e. The van der Waals surface area contributed by atoms with E-state index in [1.807, 2.05) is 6.07 Å². The lowest BCUT2D eigenvalue weighted by Crippen LogP contribution is -2.10. The molecule has 1 heterocycles. The van der Waals surface area contributed by atoms with Crippen molar-refractivity contribution in [3.8, 4) is 5.75 Å². The highest BCUT2D eigenvalue weighted by atomic mass is 16.5. The highest BCUT2D eigenvalue weighted by Gasteiger charge is 2.02. The SMILES string of the molecule is Cc1cc2cc(OCCN)ccc2oc1=O. The van der Waals surface area contributed by atoms with Crippen molar-refractivity contribution in [1.29, 1.82) is 0 Å². The molecule has 0 aliphatic rings. The summed E-state index contributed by atoms with van der Waals surface area (Å²) in [5, 5.41) is 0.853. The van der Waals surface area contributed by atoms with E-state index >= 15 is 0 Å². The van der Waals surface area contributed by atoms with Crippen LogP contribution in [0.1, 0.15) is 5.56 Å². The molecule has 0 bridgehead atoms. The van der Waals surface area contributed by atoms with Gasteiger partial charge < -0.3 is 14.9 Å². The van der Waals surface area contributed by atoms with Crippen LogP contribution in [0.3, 0.4) is 0 Å². The van der Waals surface area contributed by atoms with Crippen LogP contribution < -0.4 is 16.1 Å². The fourth-order valence-corrected chi connectivity index (χ4v) is 1.47. The van der Waals surface area contributed by atoms with Crippen LogP contribution in [0.2, 0.25) is 0 Å². The molecule has 0 spiro atoms. The lowest BCUT2D eigenvalue weighted by molar-refractivity contribution is 0.328. The number of fused-ring (bicyclic) bond motifs is 1. The summed E-state index contributed by atoms with van der Waals surface area (Å²) in [5.41, 5.74) is 6.20. The number of benzene rings is 1. The van der Waals surface area contributed by atoms with E-state index in [0.717, 1.165) is 11.1 Å². The number of nitrogens with two attached hydrogens (primary N) is 1. The summed E-state index contributed by atoms with van der Waals surface area (Å²) in [4.78, 5) is 11.3. The molecule has 1 aromatic carbocycles. The zero-order valence-corrected chi connectivity index (χ0v) is 9.03. The topological polar surface area (TPSA) is 65.5 Å². The van der Waals surface area contributed by atoms with Gasteiger partial charge in [-0.15, -0.1) is 0 Å². The summed E-state index contributed by atoms with van der Waals surface area (Å²) in [5.74, 6) is 0.728. The average molecular weight is 219 g/mol. The van der Waals surface area contributed by atoms with Crippen molar-refractivity contribution >= 4 is 11.0 Å². The first-order valence-electron chi connectivity index (χ1n) is 5.08. The average Bonchev–Trinajstić information content (AvgIpc) is 2.28. The number of aryl methyl sites for hydroxylation is 1. The van der Waals surface area contributed by atoms with Crippen LogP contribution >= 0.6 is 0 Å². The van der Waals surface area contributed by atoms with Gasteiger partial charge in [0, 0.05) is 17.5 Å². The quantitative estimate of drug-likeness (QED) is 0.793. The fraction of sp³-hybridized carbons (Fsp3) is 0.250. The van der Waals surface area contributed by atoms with Crippen molar-refractivity contribution in [1.82, 2.24) is 0 Å². The van der Waals surface area contributed by atoms with Crippen molar-refractivity contribution < 1.29 is 9.15 Å². The molecule has 0 saturated heterocycles. The highest BCUT2D eigenvalue weighted by molar-refractivity contribution is 5.78. The fourth-order valence-electron chi connectivity index (χ4n) is 1.47. The Hall–Kier alpha value is -1.81. The van der Waals surface area contributed by atoms with Crippen molar-refractivity contribution in [2.24, 2.45) is 5.73 Å². The monoisotopic (exact) mass is 219 g/mol. The van der Waals surface area contributed by atoms with Gasteiger partial charge in [-0.25, -0.2) is 4.79 Å². The van der Waals surface area contributed by atoms with E-state index in [9.17, 15) is 4.79 Å². The smallest absolute Gasteiger partial charge is 0.339 e. The van der Waals surface area contributed by atoms with Crippen LogP contribution in [0.15, 0.2) is 33.5 Å². The second kappa shape index (κ2) is 4.37. The summed E-state index contributed by atoms with van der Waals surface area (Å²) in [7, 11) is 0. The van der Waals surface area contributed by atoms with Gasteiger partial charge in [0.1, 0.15) is 17.9 Å². The standard InChI is InChI=1S/C12H13NO3/c1-8-6-9-7-10(15-5-4-13)2-3-11(9)16-12(8)14/h2-3,6-7H,4-5,13H2,1H3. The molecule has 2 aromatic rings. The summed E-state index contributed by atoms with van der Waals surface area (Å²) >= 11 is 0. The molecule has 0 aliphatic heterocycles. The first-order chi connectivity index (χ1) is 7.70. The summed E-state index contributed by atoms with van der Waals surface area (Å²) in [6, 6.07) is 7.11. The van der Waals surface area contributed by atoms with Crippen LogP contribution in [0.25, 0.3) is 11.0 Å². The van der Waals surface area contributed by atoms with Crippen molar-refractivity contribution in [2.75, 3.05) is 13.2 Å². The molecule has 4 nitrogen and oxygen atoms in total. The Bertz CT molecular complexity index is 560. The number of hydrogen-bond acceptors (Lipinski definition) is 4. The van der Waals surface area contributed by atoms with E-state index in [1.54, 1.807) is 25.1 Å². The molecule has 4 heteroatoms. The molecule has 2 rings (SSSR count). The molecule has 0 fully saturated rings. The molecule has 0 atom stereocenters. The van der Waals surface area contributed by atoms with Crippen LogP contribution in [0.4, 0.5) is 0 Å². The van der Waals surface area contributed by atoms with E-state index in [4.69, 9.17) is 14.9 Å². The van der Waals surface area contributed by atoms with Crippen LogP contribution in [0, 0.1) is 6.92 Å². The second-order valence-electron chi connectivity index (χ2n) is 3.55. The zero-order valence-electron chi connectivity index (χ0n) is 9.03. The van der Waals surface area contributed by atoms with Gasteiger partial charge >= 0.3 is 5.63 Å². The summed E-state index contributed by atoms with van der Waals surface area (Å²) < 4.78 is 10.5. The van der Waals surface area contributed by atoms with E-state index in [-0.39, 0.29) is 5.63 Å².